The van der Waals surface area contributed by atoms with Crippen molar-refractivity contribution in [1.29, 1.82) is 0 Å². The van der Waals surface area contributed by atoms with Gasteiger partial charge >= 0.3 is 0 Å². The third-order valence-corrected chi connectivity index (χ3v) is 2.94. The van der Waals surface area contributed by atoms with Gasteiger partial charge in [0.25, 0.3) is 0 Å². The molecule has 0 bridgehead atoms. The van der Waals surface area contributed by atoms with Crippen LogP contribution in [0.25, 0.3) is 0 Å². The van der Waals surface area contributed by atoms with Gasteiger partial charge in [0, 0.05) is 13.2 Å². The third-order valence-electron chi connectivity index (χ3n) is 2.94. The molecule has 92 valence electrons. The normalized spacial score (nSPS) is 19.1. The molecule has 2 heterocycles. The molecule has 2 rings (SSSR count). The third kappa shape index (κ3) is 2.98. The lowest BCUT2D eigenvalue weighted by Crippen LogP contribution is -2.27. The van der Waals surface area contributed by atoms with E-state index in [1.807, 2.05) is 6.07 Å². The summed E-state index contributed by atoms with van der Waals surface area (Å²) >= 11 is 0. The molecule has 0 amide bonds. The van der Waals surface area contributed by atoms with Crippen molar-refractivity contribution in [3.8, 4) is 0 Å². The van der Waals surface area contributed by atoms with Gasteiger partial charge < -0.3 is 20.0 Å². The summed E-state index contributed by atoms with van der Waals surface area (Å²) in [5.74, 6) is 1.77. The van der Waals surface area contributed by atoms with Crippen LogP contribution in [0.3, 0.4) is 0 Å². The fraction of sp³-hybridized carbons (Fsp3) is 0.636. The standard InChI is InChI=1S/C11H17NO3.ClH/c12-11(8-3-5-14-6-4-8)10-2-1-9(7-13)15-10;/h1-2,8,11,13H,3-7,12H2;1H/t11-;/m0./s1. The minimum Gasteiger partial charge on any atom is -0.462 e. The summed E-state index contributed by atoms with van der Waals surface area (Å²) in [5.41, 5.74) is 6.11. The minimum atomic E-state index is -0.0748. The van der Waals surface area contributed by atoms with E-state index in [1.165, 1.54) is 0 Å². The summed E-state index contributed by atoms with van der Waals surface area (Å²) in [4.78, 5) is 0. The van der Waals surface area contributed by atoms with Gasteiger partial charge in [-0.15, -0.1) is 12.4 Å². The lowest BCUT2D eigenvalue weighted by Gasteiger charge is -2.26. The number of halogens is 1. The summed E-state index contributed by atoms with van der Waals surface area (Å²) in [6.45, 7) is 1.50. The second-order valence-corrected chi connectivity index (χ2v) is 3.94. The second-order valence-electron chi connectivity index (χ2n) is 3.94. The number of nitrogens with two attached hydrogens (primary N) is 1. The largest absolute Gasteiger partial charge is 0.462 e. The van der Waals surface area contributed by atoms with Crippen LogP contribution in [0.4, 0.5) is 0 Å². The van der Waals surface area contributed by atoms with Crippen LogP contribution in [0.5, 0.6) is 0 Å². The van der Waals surface area contributed by atoms with Crippen LogP contribution in [0.1, 0.15) is 30.4 Å². The van der Waals surface area contributed by atoms with Crippen molar-refractivity contribution in [3.05, 3.63) is 23.7 Å². The van der Waals surface area contributed by atoms with E-state index in [4.69, 9.17) is 20.0 Å². The van der Waals surface area contributed by atoms with E-state index in [0.717, 1.165) is 31.8 Å². The van der Waals surface area contributed by atoms with Crippen molar-refractivity contribution in [2.75, 3.05) is 13.2 Å². The molecule has 1 aromatic rings. The molecule has 5 heteroatoms. The first kappa shape index (κ1) is 13.5. The monoisotopic (exact) mass is 247 g/mol. The Kier molecular flexibility index (Phi) is 5.28. The Morgan fingerprint density at radius 2 is 2.06 bits per heavy atom. The van der Waals surface area contributed by atoms with Crippen LogP contribution in [0, 0.1) is 5.92 Å². The zero-order valence-corrected chi connectivity index (χ0v) is 9.91. The molecule has 0 radical (unpaired) electrons. The molecule has 1 aromatic heterocycles. The van der Waals surface area contributed by atoms with Crippen molar-refractivity contribution < 1.29 is 14.3 Å². The van der Waals surface area contributed by atoms with Crippen molar-refractivity contribution in [3.63, 3.8) is 0 Å². The molecule has 1 atom stereocenters. The van der Waals surface area contributed by atoms with Gasteiger partial charge in [0.05, 0.1) is 6.04 Å². The zero-order chi connectivity index (χ0) is 10.7. The quantitative estimate of drug-likeness (QED) is 0.852. The molecule has 1 saturated heterocycles. The predicted molar refractivity (Wildman–Crippen MR) is 62.4 cm³/mol. The Hall–Kier alpha value is -0.550. The first-order valence-electron chi connectivity index (χ1n) is 5.34. The number of ether oxygens (including phenoxy) is 1. The molecular formula is C11H18ClNO3. The number of furan rings is 1. The van der Waals surface area contributed by atoms with E-state index in [0.29, 0.717) is 11.7 Å². The summed E-state index contributed by atoms with van der Waals surface area (Å²) in [7, 11) is 0. The van der Waals surface area contributed by atoms with Gasteiger partial charge in [0.15, 0.2) is 0 Å². The highest BCUT2D eigenvalue weighted by Gasteiger charge is 2.24. The number of aliphatic hydroxyl groups is 1. The van der Waals surface area contributed by atoms with Crippen molar-refractivity contribution in [2.24, 2.45) is 11.7 Å². The molecule has 0 aromatic carbocycles. The molecule has 0 aliphatic carbocycles. The van der Waals surface area contributed by atoms with E-state index >= 15 is 0 Å². The van der Waals surface area contributed by atoms with Gasteiger partial charge in [-0.25, -0.2) is 0 Å². The first-order chi connectivity index (χ1) is 7.31. The maximum absolute atomic E-state index is 8.89. The molecule has 1 aliphatic rings. The maximum atomic E-state index is 8.89. The van der Waals surface area contributed by atoms with Gasteiger partial charge in [-0.3, -0.25) is 0 Å². The molecule has 1 fully saturated rings. The SMILES string of the molecule is Cl.N[C@H](c1ccc(CO)o1)C1CCOCC1. The first-order valence-corrected chi connectivity index (χ1v) is 5.34. The number of hydrogen-bond donors (Lipinski definition) is 2. The number of rotatable bonds is 3. The van der Waals surface area contributed by atoms with E-state index in [-0.39, 0.29) is 25.1 Å². The Labute approximate surface area is 101 Å². The predicted octanol–water partition coefficient (Wildman–Crippen LogP) is 1.62. The minimum absolute atomic E-state index is 0. The zero-order valence-electron chi connectivity index (χ0n) is 9.09. The van der Waals surface area contributed by atoms with Gasteiger partial charge in [-0.1, -0.05) is 0 Å². The van der Waals surface area contributed by atoms with Crippen molar-refractivity contribution >= 4 is 12.4 Å². The van der Waals surface area contributed by atoms with Crippen LogP contribution in [0.2, 0.25) is 0 Å². The average molecular weight is 248 g/mol. The lowest BCUT2D eigenvalue weighted by atomic mass is 9.91. The van der Waals surface area contributed by atoms with Gasteiger partial charge in [-0.2, -0.15) is 0 Å². The lowest BCUT2D eigenvalue weighted by molar-refractivity contribution is 0.0556. The molecule has 16 heavy (non-hydrogen) atoms. The highest BCUT2D eigenvalue weighted by Crippen LogP contribution is 2.28. The maximum Gasteiger partial charge on any atom is 0.129 e. The highest BCUT2D eigenvalue weighted by molar-refractivity contribution is 5.85. The summed E-state index contributed by atoms with van der Waals surface area (Å²) in [5, 5.41) is 8.89. The Morgan fingerprint density at radius 1 is 1.38 bits per heavy atom. The smallest absolute Gasteiger partial charge is 0.129 e. The molecule has 3 N–H and O–H groups in total. The van der Waals surface area contributed by atoms with E-state index in [1.54, 1.807) is 6.07 Å². The second kappa shape index (κ2) is 6.25. The molecule has 1 aliphatic heterocycles. The van der Waals surface area contributed by atoms with Gasteiger partial charge in [0.1, 0.15) is 18.1 Å². The van der Waals surface area contributed by atoms with Crippen LogP contribution in [0.15, 0.2) is 16.5 Å². The average Bonchev–Trinajstić information content (AvgIpc) is 2.78. The summed E-state index contributed by atoms with van der Waals surface area (Å²) in [6.07, 6.45) is 1.96. The fourth-order valence-electron chi connectivity index (χ4n) is 1.97. The van der Waals surface area contributed by atoms with Crippen LogP contribution in [-0.2, 0) is 11.3 Å². The highest BCUT2D eigenvalue weighted by atomic mass is 35.5. The topological polar surface area (TPSA) is 68.6 Å². The molecule has 4 nitrogen and oxygen atoms in total. The van der Waals surface area contributed by atoms with Gasteiger partial charge in [-0.05, 0) is 30.9 Å². The Bertz CT molecular complexity index is 310. The Balaban J connectivity index is 0.00000128. The van der Waals surface area contributed by atoms with Crippen molar-refractivity contribution in [1.82, 2.24) is 0 Å². The summed E-state index contributed by atoms with van der Waals surface area (Å²) in [6, 6.07) is 3.55. The van der Waals surface area contributed by atoms with E-state index in [9.17, 15) is 0 Å². The van der Waals surface area contributed by atoms with Crippen LogP contribution < -0.4 is 5.73 Å². The molecule has 0 spiro atoms. The van der Waals surface area contributed by atoms with Crippen LogP contribution in [-0.4, -0.2) is 18.3 Å². The van der Waals surface area contributed by atoms with Crippen LogP contribution >= 0.6 is 12.4 Å². The molecular weight excluding hydrogens is 230 g/mol. The number of hydrogen-bond acceptors (Lipinski definition) is 4. The molecule has 0 saturated carbocycles. The number of aliphatic hydroxyl groups excluding tert-OH is 1. The van der Waals surface area contributed by atoms with Crippen molar-refractivity contribution in [2.45, 2.75) is 25.5 Å². The summed E-state index contributed by atoms with van der Waals surface area (Å²) < 4.78 is 10.7. The Morgan fingerprint density at radius 3 is 2.62 bits per heavy atom. The van der Waals surface area contributed by atoms with Gasteiger partial charge in [0.2, 0.25) is 0 Å². The fourth-order valence-corrected chi connectivity index (χ4v) is 1.97. The molecule has 0 unspecified atom stereocenters. The van der Waals surface area contributed by atoms with E-state index < -0.39 is 0 Å². The van der Waals surface area contributed by atoms with E-state index in [2.05, 4.69) is 0 Å².